The van der Waals surface area contributed by atoms with Crippen molar-refractivity contribution in [3.8, 4) is 0 Å². The van der Waals surface area contributed by atoms with E-state index in [0.717, 1.165) is 16.6 Å². The van der Waals surface area contributed by atoms with E-state index in [-0.39, 0.29) is 4.90 Å². The van der Waals surface area contributed by atoms with Gasteiger partial charge in [0.05, 0.1) is 23.0 Å². The van der Waals surface area contributed by atoms with Gasteiger partial charge < -0.3 is 9.72 Å². The highest BCUT2D eigenvalue weighted by Gasteiger charge is 2.19. The molecule has 2 heterocycles. The Kier molecular flexibility index (Phi) is 4.11. The van der Waals surface area contributed by atoms with Gasteiger partial charge in [-0.2, -0.15) is 0 Å². The third kappa shape index (κ3) is 3.03. The molecular formula is C17H16N2O4S. The summed E-state index contributed by atoms with van der Waals surface area (Å²) in [5.74, 6) is -0.462. The fourth-order valence-electron chi connectivity index (χ4n) is 2.58. The van der Waals surface area contributed by atoms with Crippen molar-refractivity contribution < 1.29 is 17.9 Å². The van der Waals surface area contributed by atoms with Crippen LogP contribution in [0.4, 0.5) is 0 Å². The van der Waals surface area contributed by atoms with Gasteiger partial charge in [0.25, 0.3) is 0 Å². The summed E-state index contributed by atoms with van der Waals surface area (Å²) in [4.78, 5) is 19.7. The number of nitrogens with zero attached hydrogens (tertiary/aromatic N) is 1. The minimum atomic E-state index is -3.23. The average Bonchev–Trinajstić information content (AvgIpc) is 2.93. The van der Waals surface area contributed by atoms with Crippen molar-refractivity contribution in [1.82, 2.24) is 9.97 Å². The number of methoxy groups -OCH3 is 1. The zero-order valence-corrected chi connectivity index (χ0v) is 14.1. The largest absolute Gasteiger partial charge is 0.464 e. The highest BCUT2D eigenvalue weighted by atomic mass is 32.2. The Balaban J connectivity index is 2.04. The number of hydrogen-bond acceptors (Lipinski definition) is 5. The van der Waals surface area contributed by atoms with Gasteiger partial charge in [-0.15, -0.1) is 0 Å². The van der Waals surface area contributed by atoms with Crippen LogP contribution in [0.25, 0.3) is 11.0 Å². The lowest BCUT2D eigenvalue weighted by molar-refractivity contribution is 0.0594. The molecule has 0 unspecified atom stereocenters. The molecule has 0 atom stereocenters. The number of aromatic nitrogens is 2. The molecule has 0 spiro atoms. The fourth-order valence-corrected chi connectivity index (χ4v) is 3.21. The Morgan fingerprint density at radius 1 is 1.21 bits per heavy atom. The van der Waals surface area contributed by atoms with Crippen LogP contribution in [0, 0.1) is 0 Å². The van der Waals surface area contributed by atoms with E-state index >= 15 is 0 Å². The standard InChI is InChI=1S/C17H16N2O4S/c1-23-17(20)16-13(15-14(19-16)4-3-9-18-15)10-11-5-7-12(8-6-11)24(2,21)22/h3-9,19H,10H2,1-2H3. The molecular weight excluding hydrogens is 328 g/mol. The van der Waals surface area contributed by atoms with E-state index in [1.165, 1.54) is 13.4 Å². The molecule has 6 nitrogen and oxygen atoms in total. The molecule has 2 aromatic heterocycles. The molecule has 0 aliphatic rings. The van der Waals surface area contributed by atoms with Gasteiger partial charge in [0.1, 0.15) is 5.69 Å². The number of ether oxygens (including phenoxy) is 1. The summed E-state index contributed by atoms with van der Waals surface area (Å²) in [6.45, 7) is 0. The van der Waals surface area contributed by atoms with Gasteiger partial charge in [0.15, 0.2) is 9.84 Å². The van der Waals surface area contributed by atoms with Crippen LogP contribution in [-0.2, 0) is 21.0 Å². The number of sulfone groups is 1. The summed E-state index contributed by atoms with van der Waals surface area (Å²) >= 11 is 0. The van der Waals surface area contributed by atoms with Crippen molar-refractivity contribution in [3.05, 3.63) is 59.4 Å². The second-order valence-corrected chi connectivity index (χ2v) is 7.48. The molecule has 0 radical (unpaired) electrons. The van der Waals surface area contributed by atoms with E-state index in [0.29, 0.717) is 17.6 Å². The Morgan fingerprint density at radius 2 is 1.92 bits per heavy atom. The van der Waals surface area contributed by atoms with Gasteiger partial charge in [-0.3, -0.25) is 4.98 Å². The number of pyridine rings is 1. The molecule has 124 valence electrons. The van der Waals surface area contributed by atoms with E-state index in [1.807, 2.05) is 6.07 Å². The molecule has 0 amide bonds. The molecule has 0 bridgehead atoms. The van der Waals surface area contributed by atoms with E-state index in [2.05, 4.69) is 9.97 Å². The average molecular weight is 344 g/mol. The normalized spacial score (nSPS) is 11.6. The topological polar surface area (TPSA) is 89.1 Å². The van der Waals surface area contributed by atoms with Gasteiger partial charge in [-0.05, 0) is 29.8 Å². The Labute approximate surface area is 139 Å². The molecule has 3 rings (SSSR count). The van der Waals surface area contributed by atoms with Crippen molar-refractivity contribution in [2.75, 3.05) is 13.4 Å². The maximum absolute atomic E-state index is 12.0. The van der Waals surface area contributed by atoms with Crippen LogP contribution in [0.1, 0.15) is 21.6 Å². The molecule has 7 heteroatoms. The van der Waals surface area contributed by atoms with Gasteiger partial charge in [0, 0.05) is 24.4 Å². The molecule has 0 aliphatic carbocycles. The number of esters is 1. The number of hydrogen-bond donors (Lipinski definition) is 1. The van der Waals surface area contributed by atoms with Crippen LogP contribution in [0.3, 0.4) is 0 Å². The third-order valence-corrected chi connectivity index (χ3v) is 4.91. The molecule has 0 aliphatic heterocycles. The monoisotopic (exact) mass is 344 g/mol. The smallest absolute Gasteiger partial charge is 0.354 e. The third-order valence-electron chi connectivity index (χ3n) is 3.78. The van der Waals surface area contributed by atoms with Gasteiger partial charge in [0.2, 0.25) is 0 Å². The van der Waals surface area contributed by atoms with Crippen molar-refractivity contribution in [3.63, 3.8) is 0 Å². The van der Waals surface area contributed by atoms with Gasteiger partial charge >= 0.3 is 5.97 Å². The van der Waals surface area contributed by atoms with E-state index in [1.54, 1.807) is 36.5 Å². The van der Waals surface area contributed by atoms with Crippen LogP contribution in [-0.4, -0.2) is 37.7 Å². The Hall–Kier alpha value is -2.67. The number of carbonyl (C=O) groups is 1. The van der Waals surface area contributed by atoms with Crippen LogP contribution < -0.4 is 0 Å². The molecule has 24 heavy (non-hydrogen) atoms. The number of carbonyl (C=O) groups excluding carboxylic acids is 1. The number of rotatable bonds is 4. The summed E-state index contributed by atoms with van der Waals surface area (Å²) in [7, 11) is -1.91. The maximum Gasteiger partial charge on any atom is 0.354 e. The predicted octanol–water partition coefficient (Wildman–Crippen LogP) is 2.34. The number of H-pyrrole nitrogens is 1. The van der Waals surface area contributed by atoms with Crippen molar-refractivity contribution in [2.24, 2.45) is 0 Å². The number of nitrogens with one attached hydrogen (secondary N) is 1. The quantitative estimate of drug-likeness (QED) is 0.734. The minimum absolute atomic E-state index is 0.261. The Morgan fingerprint density at radius 3 is 2.54 bits per heavy atom. The van der Waals surface area contributed by atoms with Crippen LogP contribution >= 0.6 is 0 Å². The van der Waals surface area contributed by atoms with E-state index < -0.39 is 15.8 Å². The van der Waals surface area contributed by atoms with Crippen molar-refractivity contribution >= 4 is 26.8 Å². The number of benzene rings is 1. The zero-order chi connectivity index (χ0) is 17.3. The summed E-state index contributed by atoms with van der Waals surface area (Å²) in [6.07, 6.45) is 3.26. The Bertz CT molecular complexity index is 1000. The molecule has 3 aromatic rings. The van der Waals surface area contributed by atoms with Gasteiger partial charge in [-0.25, -0.2) is 13.2 Å². The number of aromatic amines is 1. The van der Waals surface area contributed by atoms with Gasteiger partial charge in [-0.1, -0.05) is 12.1 Å². The fraction of sp³-hybridized carbons (Fsp3) is 0.176. The van der Waals surface area contributed by atoms with Crippen LogP contribution in [0.5, 0.6) is 0 Å². The molecule has 1 N–H and O–H groups in total. The molecule has 1 aromatic carbocycles. The van der Waals surface area contributed by atoms with E-state index in [4.69, 9.17) is 4.74 Å². The second-order valence-electron chi connectivity index (χ2n) is 5.46. The lowest BCUT2D eigenvalue weighted by Crippen LogP contribution is -2.06. The van der Waals surface area contributed by atoms with Crippen LogP contribution in [0.15, 0.2) is 47.5 Å². The number of fused-ring (bicyclic) bond motifs is 1. The summed E-state index contributed by atoms with van der Waals surface area (Å²) in [6, 6.07) is 10.2. The highest BCUT2D eigenvalue weighted by Crippen LogP contribution is 2.24. The molecule has 0 saturated heterocycles. The molecule has 0 fully saturated rings. The maximum atomic E-state index is 12.0. The van der Waals surface area contributed by atoms with Crippen molar-refractivity contribution in [1.29, 1.82) is 0 Å². The predicted molar refractivity (Wildman–Crippen MR) is 89.8 cm³/mol. The summed E-state index contributed by atoms with van der Waals surface area (Å²) in [5.41, 5.74) is 3.41. The second kappa shape index (κ2) is 6.09. The first kappa shape index (κ1) is 16.2. The lowest BCUT2D eigenvalue weighted by atomic mass is 10.0. The minimum Gasteiger partial charge on any atom is -0.464 e. The van der Waals surface area contributed by atoms with Crippen LogP contribution in [0.2, 0.25) is 0 Å². The first-order chi connectivity index (χ1) is 11.4. The molecule has 0 saturated carbocycles. The SMILES string of the molecule is COC(=O)c1[nH]c2cccnc2c1Cc1ccc(S(C)(=O)=O)cc1. The first-order valence-electron chi connectivity index (χ1n) is 7.23. The van der Waals surface area contributed by atoms with E-state index in [9.17, 15) is 13.2 Å². The first-order valence-corrected chi connectivity index (χ1v) is 9.12. The summed E-state index contributed by atoms with van der Waals surface area (Å²) < 4.78 is 27.9. The summed E-state index contributed by atoms with van der Waals surface area (Å²) in [5, 5.41) is 0. The zero-order valence-electron chi connectivity index (χ0n) is 13.2. The lowest BCUT2D eigenvalue weighted by Gasteiger charge is -2.05. The van der Waals surface area contributed by atoms with Crippen molar-refractivity contribution in [2.45, 2.75) is 11.3 Å². The highest BCUT2D eigenvalue weighted by molar-refractivity contribution is 7.90.